The zero-order chi connectivity index (χ0) is 15.6. The molecule has 110 valence electrons. The van der Waals surface area contributed by atoms with Gasteiger partial charge in [-0.3, -0.25) is 9.59 Å². The van der Waals surface area contributed by atoms with Gasteiger partial charge in [-0.1, -0.05) is 28.1 Å². The molecule has 0 amide bonds. The number of Topliss-reactive ketones (excluding diaryl/α,β-unsaturated/α-hetero) is 1. The Morgan fingerprint density at radius 1 is 1.24 bits per heavy atom. The second kappa shape index (κ2) is 5.80. The fourth-order valence-electron chi connectivity index (χ4n) is 1.63. The molecule has 0 aliphatic heterocycles. The van der Waals surface area contributed by atoms with Gasteiger partial charge in [0.2, 0.25) is 0 Å². The number of carbonyl (C=O) groups excluding carboxylic acids is 1. The van der Waals surface area contributed by atoms with Crippen LogP contribution >= 0.6 is 15.9 Å². The number of rotatable bonds is 3. The first kappa shape index (κ1) is 15.4. The Labute approximate surface area is 125 Å². The van der Waals surface area contributed by atoms with Crippen LogP contribution in [0, 0.1) is 0 Å². The number of halogens is 4. The Bertz CT molecular complexity index is 707. The van der Waals surface area contributed by atoms with Gasteiger partial charge < -0.3 is 0 Å². The summed E-state index contributed by atoms with van der Waals surface area (Å²) in [7, 11) is 0. The molecule has 0 saturated carbocycles. The molecule has 0 aliphatic carbocycles. The summed E-state index contributed by atoms with van der Waals surface area (Å²) in [6, 6.07) is 6.62. The Morgan fingerprint density at radius 2 is 1.95 bits per heavy atom. The Morgan fingerprint density at radius 3 is 2.52 bits per heavy atom. The highest BCUT2D eigenvalue weighted by Crippen LogP contribution is 2.31. The molecular weight excluding hydrogens is 353 g/mol. The third-order valence-corrected chi connectivity index (χ3v) is 3.55. The molecule has 1 unspecified atom stereocenters. The van der Waals surface area contributed by atoms with Crippen LogP contribution < -0.4 is 5.56 Å². The molecule has 0 aliphatic rings. The summed E-state index contributed by atoms with van der Waals surface area (Å²) in [4.78, 5) is 22.1. The molecule has 1 aromatic heterocycles. The van der Waals surface area contributed by atoms with E-state index in [9.17, 15) is 22.8 Å². The monoisotopic (exact) mass is 360 g/mol. The third kappa shape index (κ3) is 3.57. The zero-order valence-electron chi connectivity index (χ0n) is 10.3. The fraction of sp³-hybridized carbons (Fsp3) is 0.154. The third-order valence-electron chi connectivity index (χ3n) is 2.66. The maximum Gasteiger partial charge on any atom is 0.416 e. The van der Waals surface area contributed by atoms with Crippen molar-refractivity contribution in [1.29, 1.82) is 0 Å². The highest BCUT2D eigenvalue weighted by Gasteiger charge is 2.31. The molecule has 2 aromatic rings. The first-order chi connectivity index (χ1) is 9.79. The number of carbonyl (C=O) groups is 1. The maximum atomic E-state index is 12.6. The molecule has 8 heteroatoms. The van der Waals surface area contributed by atoms with E-state index < -0.39 is 27.9 Å². The van der Waals surface area contributed by atoms with E-state index in [1.165, 1.54) is 18.2 Å². The minimum Gasteiger partial charge on any atom is -0.292 e. The molecule has 1 N–H and O–H groups in total. The lowest BCUT2D eigenvalue weighted by atomic mass is 10.0. The van der Waals surface area contributed by atoms with Gasteiger partial charge in [-0.15, -0.1) is 0 Å². The van der Waals surface area contributed by atoms with Gasteiger partial charge >= 0.3 is 6.18 Å². The van der Waals surface area contributed by atoms with Gasteiger partial charge in [0.25, 0.3) is 5.56 Å². The largest absolute Gasteiger partial charge is 0.416 e. The number of ketones is 1. The number of benzene rings is 1. The number of aromatic amines is 1. The average molecular weight is 361 g/mol. The van der Waals surface area contributed by atoms with Crippen LogP contribution in [0.4, 0.5) is 13.2 Å². The van der Waals surface area contributed by atoms with Crippen molar-refractivity contribution in [2.45, 2.75) is 11.0 Å². The molecule has 0 fully saturated rings. The summed E-state index contributed by atoms with van der Waals surface area (Å²) in [6.07, 6.45) is -4.52. The molecule has 2 rings (SSSR count). The summed E-state index contributed by atoms with van der Waals surface area (Å²) in [5, 5.41) is 5.82. The van der Waals surface area contributed by atoms with Gasteiger partial charge in [-0.2, -0.15) is 18.3 Å². The van der Waals surface area contributed by atoms with Gasteiger partial charge in [0.05, 0.1) is 11.3 Å². The van der Waals surface area contributed by atoms with Crippen molar-refractivity contribution in [3.05, 3.63) is 63.6 Å². The Hall–Kier alpha value is -1.96. The van der Waals surface area contributed by atoms with E-state index in [-0.39, 0.29) is 11.3 Å². The van der Waals surface area contributed by atoms with E-state index in [2.05, 4.69) is 26.1 Å². The summed E-state index contributed by atoms with van der Waals surface area (Å²) >= 11 is 3.07. The molecule has 0 radical (unpaired) electrons. The number of H-pyrrole nitrogens is 1. The maximum absolute atomic E-state index is 12.6. The van der Waals surface area contributed by atoms with Crippen LogP contribution in [0.1, 0.15) is 26.4 Å². The summed E-state index contributed by atoms with van der Waals surface area (Å²) in [5.41, 5.74) is -1.23. The van der Waals surface area contributed by atoms with Gasteiger partial charge in [0, 0.05) is 11.6 Å². The standard InChI is InChI=1S/C13H8BrF3N2O2/c14-11(9-4-5-10(20)19-18-9)12(21)7-2-1-3-8(6-7)13(15,16)17/h1-6,11H,(H,19,20). The molecule has 0 bridgehead atoms. The van der Waals surface area contributed by atoms with Gasteiger partial charge in [0.15, 0.2) is 5.78 Å². The van der Waals surface area contributed by atoms with Crippen molar-refractivity contribution in [3.8, 4) is 0 Å². The second-order valence-electron chi connectivity index (χ2n) is 4.15. The van der Waals surface area contributed by atoms with E-state index in [0.717, 1.165) is 18.2 Å². The van der Waals surface area contributed by atoms with Crippen LogP contribution in [0.2, 0.25) is 0 Å². The van der Waals surface area contributed by atoms with Crippen LogP contribution in [0.25, 0.3) is 0 Å². The number of nitrogens with one attached hydrogen (secondary N) is 1. The summed E-state index contributed by atoms with van der Waals surface area (Å²) in [6.45, 7) is 0. The normalized spacial score (nSPS) is 13.0. The first-order valence-corrected chi connectivity index (χ1v) is 6.62. The zero-order valence-corrected chi connectivity index (χ0v) is 11.9. The lowest BCUT2D eigenvalue weighted by molar-refractivity contribution is -0.137. The molecular formula is C13H8BrF3N2O2. The smallest absolute Gasteiger partial charge is 0.292 e. The second-order valence-corrected chi connectivity index (χ2v) is 5.07. The number of aromatic nitrogens is 2. The van der Waals surface area contributed by atoms with Gasteiger partial charge in [-0.05, 0) is 18.2 Å². The predicted molar refractivity (Wildman–Crippen MR) is 72.3 cm³/mol. The molecule has 1 atom stereocenters. The molecule has 0 spiro atoms. The predicted octanol–water partition coefficient (Wildman–Crippen LogP) is 3.11. The number of hydrogen-bond acceptors (Lipinski definition) is 3. The fourth-order valence-corrected chi connectivity index (χ4v) is 2.15. The highest BCUT2D eigenvalue weighted by molar-refractivity contribution is 9.09. The van der Waals surface area contributed by atoms with Crippen LogP contribution in [-0.2, 0) is 6.18 Å². The Kier molecular flexibility index (Phi) is 4.26. The van der Waals surface area contributed by atoms with Crippen molar-refractivity contribution in [1.82, 2.24) is 10.2 Å². The molecule has 21 heavy (non-hydrogen) atoms. The van der Waals surface area contributed by atoms with Crippen molar-refractivity contribution >= 4 is 21.7 Å². The van der Waals surface area contributed by atoms with Crippen molar-refractivity contribution in [2.75, 3.05) is 0 Å². The number of alkyl halides is 4. The SMILES string of the molecule is O=C(c1cccc(C(F)(F)F)c1)C(Br)c1ccc(=O)[nH]n1. The molecule has 1 heterocycles. The minimum atomic E-state index is -4.52. The minimum absolute atomic E-state index is 0.0975. The number of nitrogens with zero attached hydrogens (tertiary/aromatic N) is 1. The van der Waals surface area contributed by atoms with Crippen LogP contribution in [0.15, 0.2) is 41.2 Å². The molecule has 1 aromatic carbocycles. The van der Waals surface area contributed by atoms with E-state index in [0.29, 0.717) is 0 Å². The van der Waals surface area contributed by atoms with E-state index in [1.807, 2.05) is 0 Å². The highest BCUT2D eigenvalue weighted by atomic mass is 79.9. The first-order valence-electron chi connectivity index (χ1n) is 5.70. The van der Waals surface area contributed by atoms with Gasteiger partial charge in [-0.25, -0.2) is 5.10 Å². The van der Waals surface area contributed by atoms with Crippen molar-refractivity contribution in [3.63, 3.8) is 0 Å². The van der Waals surface area contributed by atoms with Crippen molar-refractivity contribution < 1.29 is 18.0 Å². The molecule has 4 nitrogen and oxygen atoms in total. The Balaban J connectivity index is 2.31. The molecule has 0 saturated heterocycles. The van der Waals surface area contributed by atoms with Crippen LogP contribution in [0.3, 0.4) is 0 Å². The lowest BCUT2D eigenvalue weighted by Gasteiger charge is -2.10. The van der Waals surface area contributed by atoms with E-state index >= 15 is 0 Å². The van der Waals surface area contributed by atoms with Crippen LogP contribution in [-0.4, -0.2) is 16.0 Å². The van der Waals surface area contributed by atoms with Crippen molar-refractivity contribution in [2.24, 2.45) is 0 Å². The van der Waals surface area contributed by atoms with Crippen LogP contribution in [0.5, 0.6) is 0 Å². The quantitative estimate of drug-likeness (QED) is 0.675. The summed E-state index contributed by atoms with van der Waals surface area (Å²) in [5.74, 6) is -0.583. The lowest BCUT2D eigenvalue weighted by Crippen LogP contribution is -2.14. The average Bonchev–Trinajstić information content (AvgIpc) is 2.46. The van der Waals surface area contributed by atoms with E-state index in [4.69, 9.17) is 0 Å². The summed E-state index contributed by atoms with van der Waals surface area (Å²) < 4.78 is 37.9. The van der Waals surface area contributed by atoms with E-state index in [1.54, 1.807) is 0 Å². The number of hydrogen-bond donors (Lipinski definition) is 1. The topological polar surface area (TPSA) is 62.8 Å². The van der Waals surface area contributed by atoms with Gasteiger partial charge in [0.1, 0.15) is 4.83 Å².